The van der Waals surface area contributed by atoms with Gasteiger partial charge in [-0.05, 0) is 31.9 Å². The van der Waals surface area contributed by atoms with Crippen molar-refractivity contribution in [3.8, 4) is 0 Å². The van der Waals surface area contributed by atoms with Crippen molar-refractivity contribution in [2.75, 3.05) is 45.9 Å². The van der Waals surface area contributed by atoms with Crippen LogP contribution in [-0.2, 0) is 11.2 Å². The highest BCUT2D eigenvalue weighted by Crippen LogP contribution is 2.14. The minimum absolute atomic E-state index is 0.0476. The van der Waals surface area contributed by atoms with Gasteiger partial charge in [-0.15, -0.1) is 0 Å². The number of nitrogens with one attached hydrogen (secondary N) is 1. The minimum atomic E-state index is -4.27. The molecule has 1 aliphatic rings. The standard InChI is InChI=1S/C18H28F3N3O3/c1-15(5-6-16-4-2-13-27-16)22-17(25)24-10-8-23(9-11-24)7-3-12-26-14-18(19,20)21/h2,4,13,15H,3,5-12,14H2,1H3,(H,22,25). The lowest BCUT2D eigenvalue weighted by atomic mass is 10.1. The fraction of sp³-hybridized carbons (Fsp3) is 0.722. The number of nitrogens with zero attached hydrogens (tertiary/aromatic N) is 2. The first-order chi connectivity index (χ1) is 12.8. The molecule has 0 saturated carbocycles. The number of hydrogen-bond acceptors (Lipinski definition) is 4. The molecular formula is C18H28F3N3O3. The number of rotatable bonds is 9. The van der Waals surface area contributed by atoms with Crippen molar-refractivity contribution in [1.29, 1.82) is 0 Å². The topological polar surface area (TPSA) is 58.0 Å². The zero-order valence-corrected chi connectivity index (χ0v) is 15.6. The molecule has 2 heterocycles. The zero-order chi connectivity index (χ0) is 19.7. The summed E-state index contributed by atoms with van der Waals surface area (Å²) in [6.07, 6.45) is -0.504. The monoisotopic (exact) mass is 391 g/mol. The van der Waals surface area contributed by atoms with Crippen molar-refractivity contribution in [3.63, 3.8) is 0 Å². The number of ether oxygens (including phenoxy) is 1. The first-order valence-electron chi connectivity index (χ1n) is 9.28. The van der Waals surface area contributed by atoms with Crippen LogP contribution in [0.25, 0.3) is 0 Å². The molecule has 154 valence electrons. The molecule has 0 radical (unpaired) electrons. The Labute approximate surface area is 157 Å². The second-order valence-corrected chi connectivity index (χ2v) is 6.82. The Hall–Kier alpha value is -1.74. The van der Waals surface area contributed by atoms with Crippen LogP contribution in [0.2, 0.25) is 0 Å². The van der Waals surface area contributed by atoms with E-state index in [4.69, 9.17) is 4.42 Å². The van der Waals surface area contributed by atoms with Crippen LogP contribution in [0.3, 0.4) is 0 Å². The summed E-state index contributed by atoms with van der Waals surface area (Å²) in [5.74, 6) is 0.906. The van der Waals surface area contributed by atoms with Gasteiger partial charge in [0, 0.05) is 51.8 Å². The summed E-state index contributed by atoms with van der Waals surface area (Å²) in [4.78, 5) is 16.2. The summed E-state index contributed by atoms with van der Waals surface area (Å²) in [5, 5.41) is 3.00. The second kappa shape index (κ2) is 10.6. The quantitative estimate of drug-likeness (QED) is 0.658. The summed E-state index contributed by atoms with van der Waals surface area (Å²) in [6, 6.07) is 3.74. The molecule has 1 aliphatic heterocycles. The predicted molar refractivity (Wildman–Crippen MR) is 94.5 cm³/mol. The Morgan fingerprint density at radius 2 is 2.07 bits per heavy atom. The van der Waals surface area contributed by atoms with Gasteiger partial charge in [0.2, 0.25) is 0 Å². The van der Waals surface area contributed by atoms with Gasteiger partial charge in [0.25, 0.3) is 0 Å². The molecule has 0 aliphatic carbocycles. The van der Waals surface area contributed by atoms with Crippen LogP contribution in [0.15, 0.2) is 22.8 Å². The highest BCUT2D eigenvalue weighted by atomic mass is 19.4. The van der Waals surface area contributed by atoms with Crippen molar-refractivity contribution in [3.05, 3.63) is 24.2 Å². The maximum absolute atomic E-state index is 12.3. The highest BCUT2D eigenvalue weighted by Gasteiger charge is 2.27. The van der Waals surface area contributed by atoms with Gasteiger partial charge in [-0.3, -0.25) is 4.90 Å². The number of urea groups is 1. The van der Waals surface area contributed by atoms with Crippen molar-refractivity contribution in [2.24, 2.45) is 0 Å². The summed E-state index contributed by atoms with van der Waals surface area (Å²) in [7, 11) is 0. The number of halogens is 3. The SMILES string of the molecule is CC(CCc1ccco1)NC(=O)N1CCN(CCCOCC(F)(F)F)CC1. The van der Waals surface area contributed by atoms with Crippen LogP contribution in [0.4, 0.5) is 18.0 Å². The third-order valence-corrected chi connectivity index (χ3v) is 4.46. The molecule has 1 aromatic heterocycles. The number of carbonyl (C=O) groups excluding carboxylic acids is 1. The average molecular weight is 391 g/mol. The lowest BCUT2D eigenvalue weighted by Crippen LogP contribution is -2.53. The normalized spacial score (nSPS) is 17.1. The van der Waals surface area contributed by atoms with Gasteiger partial charge >= 0.3 is 12.2 Å². The van der Waals surface area contributed by atoms with E-state index in [1.54, 1.807) is 11.2 Å². The zero-order valence-electron chi connectivity index (χ0n) is 15.6. The molecule has 1 N–H and O–H groups in total. The maximum atomic E-state index is 12.3. The van der Waals surface area contributed by atoms with Crippen LogP contribution in [0.1, 0.15) is 25.5 Å². The fourth-order valence-corrected chi connectivity index (χ4v) is 2.94. The van der Waals surface area contributed by atoms with E-state index in [0.717, 1.165) is 18.6 Å². The van der Waals surface area contributed by atoms with Crippen LogP contribution in [0.5, 0.6) is 0 Å². The first kappa shape index (κ1) is 21.6. The second-order valence-electron chi connectivity index (χ2n) is 6.82. The summed E-state index contributed by atoms with van der Waals surface area (Å²) < 4.78 is 45.8. The van der Waals surface area contributed by atoms with E-state index in [9.17, 15) is 18.0 Å². The summed E-state index contributed by atoms with van der Waals surface area (Å²) in [5.41, 5.74) is 0. The Bertz CT molecular complexity index is 544. The third kappa shape index (κ3) is 8.66. The Kier molecular flexibility index (Phi) is 8.43. The van der Waals surface area contributed by atoms with E-state index < -0.39 is 12.8 Å². The van der Waals surface area contributed by atoms with Crippen molar-refractivity contribution >= 4 is 6.03 Å². The van der Waals surface area contributed by atoms with Gasteiger partial charge in [0.05, 0.1) is 6.26 Å². The number of hydrogen-bond donors (Lipinski definition) is 1. The van der Waals surface area contributed by atoms with Gasteiger partial charge < -0.3 is 19.4 Å². The van der Waals surface area contributed by atoms with Crippen LogP contribution >= 0.6 is 0 Å². The highest BCUT2D eigenvalue weighted by molar-refractivity contribution is 5.74. The van der Waals surface area contributed by atoms with E-state index in [2.05, 4.69) is 15.0 Å². The Morgan fingerprint density at radius 1 is 1.33 bits per heavy atom. The van der Waals surface area contributed by atoms with Crippen LogP contribution in [0, 0.1) is 0 Å². The van der Waals surface area contributed by atoms with E-state index in [-0.39, 0.29) is 18.7 Å². The Balaban J connectivity index is 1.55. The van der Waals surface area contributed by atoms with E-state index >= 15 is 0 Å². The molecule has 2 rings (SSSR count). The number of carbonyl (C=O) groups is 1. The van der Waals surface area contributed by atoms with Gasteiger partial charge in [0.1, 0.15) is 12.4 Å². The van der Waals surface area contributed by atoms with Crippen molar-refractivity contribution < 1.29 is 27.1 Å². The number of aryl methyl sites for hydroxylation is 1. The molecule has 0 bridgehead atoms. The minimum Gasteiger partial charge on any atom is -0.469 e. The molecule has 27 heavy (non-hydrogen) atoms. The Morgan fingerprint density at radius 3 is 2.70 bits per heavy atom. The van der Waals surface area contributed by atoms with E-state index in [0.29, 0.717) is 39.1 Å². The van der Waals surface area contributed by atoms with Gasteiger partial charge in [-0.1, -0.05) is 0 Å². The first-order valence-corrected chi connectivity index (χ1v) is 9.28. The molecule has 1 saturated heterocycles. The number of amides is 2. The fourth-order valence-electron chi connectivity index (χ4n) is 2.94. The lowest BCUT2D eigenvalue weighted by Gasteiger charge is -2.35. The largest absolute Gasteiger partial charge is 0.469 e. The molecular weight excluding hydrogens is 363 g/mol. The van der Waals surface area contributed by atoms with Crippen molar-refractivity contribution in [2.45, 2.75) is 38.4 Å². The van der Waals surface area contributed by atoms with Gasteiger partial charge in [-0.2, -0.15) is 13.2 Å². The summed E-state index contributed by atoms with van der Waals surface area (Å²) >= 11 is 0. The molecule has 0 aromatic carbocycles. The lowest BCUT2D eigenvalue weighted by molar-refractivity contribution is -0.174. The molecule has 9 heteroatoms. The maximum Gasteiger partial charge on any atom is 0.411 e. The van der Waals surface area contributed by atoms with Gasteiger partial charge in [-0.25, -0.2) is 4.79 Å². The molecule has 1 unspecified atom stereocenters. The molecule has 1 fully saturated rings. The molecule has 1 aromatic rings. The summed E-state index contributed by atoms with van der Waals surface area (Å²) in [6.45, 7) is 4.19. The average Bonchev–Trinajstić information content (AvgIpc) is 3.13. The number of furan rings is 1. The van der Waals surface area contributed by atoms with E-state index in [1.165, 1.54) is 0 Å². The molecule has 0 spiro atoms. The van der Waals surface area contributed by atoms with Crippen LogP contribution < -0.4 is 5.32 Å². The molecule has 6 nitrogen and oxygen atoms in total. The molecule has 2 amide bonds. The smallest absolute Gasteiger partial charge is 0.411 e. The van der Waals surface area contributed by atoms with E-state index in [1.807, 2.05) is 19.1 Å². The van der Waals surface area contributed by atoms with Crippen LogP contribution in [-0.4, -0.2) is 74.0 Å². The third-order valence-electron chi connectivity index (χ3n) is 4.46. The van der Waals surface area contributed by atoms with Gasteiger partial charge in [0.15, 0.2) is 0 Å². The molecule has 1 atom stereocenters. The predicted octanol–water partition coefficient (Wildman–Crippen LogP) is 2.90. The number of piperazine rings is 1. The van der Waals surface area contributed by atoms with Crippen molar-refractivity contribution in [1.82, 2.24) is 15.1 Å². The number of alkyl halides is 3.